The number of hydrogen-bond acceptors (Lipinski definition) is 3. The molecule has 1 aliphatic carbocycles. The minimum Gasteiger partial charge on any atom is -0.320 e. The van der Waals surface area contributed by atoms with Gasteiger partial charge in [0.1, 0.15) is 0 Å². The molecular formula is C18H8F7NO3. The van der Waals surface area contributed by atoms with Gasteiger partial charge in [-0.25, -0.2) is 0 Å². The third-order valence-electron chi connectivity index (χ3n) is 4.24. The first kappa shape index (κ1) is 20.5. The van der Waals surface area contributed by atoms with Gasteiger partial charge in [-0.3, -0.25) is 14.4 Å². The molecule has 0 atom stereocenters. The molecule has 3 rings (SSSR count). The smallest absolute Gasteiger partial charge is 0.320 e. The number of anilines is 1. The van der Waals surface area contributed by atoms with Crippen LogP contribution in [0.25, 0.3) is 0 Å². The zero-order valence-electron chi connectivity index (χ0n) is 13.9. The SMILES string of the molecule is O=C1c2ccccc2C(=O)c2c(NC(=O)C(F)(F)C(F)(F)C(F)(F)F)cccc21. The lowest BCUT2D eigenvalue weighted by atomic mass is 9.83. The fraction of sp³-hybridized carbons (Fsp3) is 0.167. The first-order chi connectivity index (χ1) is 13.3. The van der Waals surface area contributed by atoms with E-state index < -0.39 is 46.7 Å². The lowest BCUT2D eigenvalue weighted by molar-refractivity contribution is -0.343. The Kier molecular flexibility index (Phi) is 4.52. The Hall–Kier alpha value is -3.24. The van der Waals surface area contributed by atoms with Crippen molar-refractivity contribution >= 4 is 23.2 Å². The fourth-order valence-electron chi connectivity index (χ4n) is 2.77. The molecule has 1 N–H and O–H groups in total. The molecule has 0 aliphatic heterocycles. The molecule has 2 aromatic carbocycles. The maximum Gasteiger partial charge on any atom is 0.460 e. The van der Waals surface area contributed by atoms with Crippen LogP contribution in [-0.4, -0.2) is 35.5 Å². The number of alkyl halides is 7. The Balaban J connectivity index is 2.04. The predicted molar refractivity (Wildman–Crippen MR) is 84.3 cm³/mol. The molecule has 1 aliphatic rings. The highest BCUT2D eigenvalue weighted by Gasteiger charge is 2.76. The Labute approximate surface area is 157 Å². The summed E-state index contributed by atoms with van der Waals surface area (Å²) in [7, 11) is 0. The Morgan fingerprint density at radius 1 is 0.724 bits per heavy atom. The first-order valence-electron chi connectivity index (χ1n) is 7.76. The molecule has 0 heterocycles. The summed E-state index contributed by atoms with van der Waals surface area (Å²) in [6.07, 6.45) is -6.70. The number of amides is 1. The van der Waals surface area contributed by atoms with Crippen molar-refractivity contribution in [2.24, 2.45) is 0 Å². The Bertz CT molecular complexity index is 1040. The minimum absolute atomic E-state index is 0.0117. The number of fused-ring (bicyclic) bond motifs is 2. The quantitative estimate of drug-likeness (QED) is 0.647. The van der Waals surface area contributed by atoms with E-state index in [0.29, 0.717) is 0 Å². The lowest BCUT2D eigenvalue weighted by Gasteiger charge is -2.27. The van der Waals surface area contributed by atoms with E-state index in [1.165, 1.54) is 29.6 Å². The second-order valence-electron chi connectivity index (χ2n) is 6.03. The van der Waals surface area contributed by atoms with Crippen molar-refractivity contribution in [1.29, 1.82) is 0 Å². The van der Waals surface area contributed by atoms with Gasteiger partial charge in [0, 0.05) is 16.7 Å². The summed E-state index contributed by atoms with van der Waals surface area (Å²) in [6.45, 7) is 0. The zero-order valence-corrected chi connectivity index (χ0v) is 13.9. The molecule has 0 radical (unpaired) electrons. The number of nitrogens with one attached hydrogen (secondary N) is 1. The molecule has 0 saturated carbocycles. The monoisotopic (exact) mass is 419 g/mol. The van der Waals surface area contributed by atoms with Gasteiger partial charge in [0.05, 0.1) is 11.3 Å². The fourth-order valence-corrected chi connectivity index (χ4v) is 2.77. The number of rotatable bonds is 3. The Morgan fingerprint density at radius 2 is 1.24 bits per heavy atom. The lowest BCUT2D eigenvalue weighted by Crippen LogP contribution is -2.57. The van der Waals surface area contributed by atoms with Gasteiger partial charge in [0.2, 0.25) is 0 Å². The van der Waals surface area contributed by atoms with E-state index in [4.69, 9.17) is 0 Å². The highest BCUT2D eigenvalue weighted by molar-refractivity contribution is 6.30. The van der Waals surface area contributed by atoms with E-state index >= 15 is 0 Å². The van der Waals surface area contributed by atoms with Crippen LogP contribution in [0.3, 0.4) is 0 Å². The van der Waals surface area contributed by atoms with Crippen LogP contribution in [0.2, 0.25) is 0 Å². The van der Waals surface area contributed by atoms with E-state index in [1.54, 1.807) is 0 Å². The highest BCUT2D eigenvalue weighted by Crippen LogP contribution is 2.47. The van der Waals surface area contributed by atoms with Crippen molar-refractivity contribution in [2.45, 2.75) is 18.0 Å². The van der Waals surface area contributed by atoms with Crippen molar-refractivity contribution in [3.63, 3.8) is 0 Å². The number of ketones is 2. The highest BCUT2D eigenvalue weighted by atomic mass is 19.4. The standard InChI is InChI=1S/C18H8F7NO3/c19-16(20,17(21,22)18(23,24)25)15(29)26-11-7-3-6-10-12(11)14(28)9-5-2-1-4-8(9)13(10)27/h1-7H,(H,26,29). The van der Waals surface area contributed by atoms with Crippen LogP contribution in [0.15, 0.2) is 42.5 Å². The van der Waals surface area contributed by atoms with Crippen molar-refractivity contribution in [2.75, 3.05) is 5.32 Å². The molecule has 2 aromatic rings. The molecule has 11 heteroatoms. The van der Waals surface area contributed by atoms with Crippen molar-refractivity contribution < 1.29 is 45.1 Å². The second-order valence-corrected chi connectivity index (χ2v) is 6.03. The second kappa shape index (κ2) is 6.39. The number of hydrogen-bond donors (Lipinski definition) is 1. The molecule has 29 heavy (non-hydrogen) atoms. The molecule has 152 valence electrons. The molecule has 0 bridgehead atoms. The van der Waals surface area contributed by atoms with E-state index in [9.17, 15) is 45.1 Å². The molecule has 0 aromatic heterocycles. The van der Waals surface area contributed by atoms with Gasteiger partial charge < -0.3 is 5.32 Å². The molecule has 0 saturated heterocycles. The van der Waals surface area contributed by atoms with Gasteiger partial charge in [0.25, 0.3) is 0 Å². The topological polar surface area (TPSA) is 63.2 Å². The average molecular weight is 419 g/mol. The average Bonchev–Trinajstić information content (AvgIpc) is 2.65. The molecule has 0 fully saturated rings. The van der Waals surface area contributed by atoms with Crippen molar-refractivity contribution in [1.82, 2.24) is 0 Å². The third-order valence-corrected chi connectivity index (χ3v) is 4.24. The van der Waals surface area contributed by atoms with E-state index in [-0.39, 0.29) is 16.7 Å². The normalized spacial score (nSPS) is 14.3. The predicted octanol–water partition coefficient (Wildman–Crippen LogP) is 4.23. The van der Waals surface area contributed by atoms with Crippen LogP contribution >= 0.6 is 0 Å². The Morgan fingerprint density at radius 3 is 1.79 bits per heavy atom. The molecule has 4 nitrogen and oxygen atoms in total. The molecule has 1 amide bonds. The summed E-state index contributed by atoms with van der Waals surface area (Å²) >= 11 is 0. The minimum atomic E-state index is -6.70. The van der Waals surface area contributed by atoms with Gasteiger partial charge in [-0.1, -0.05) is 36.4 Å². The summed E-state index contributed by atoms with van der Waals surface area (Å²) in [5.74, 6) is -17.4. The first-order valence-corrected chi connectivity index (χ1v) is 7.76. The summed E-state index contributed by atoms with van der Waals surface area (Å²) in [5.41, 5.74) is -1.85. The van der Waals surface area contributed by atoms with Crippen LogP contribution < -0.4 is 5.32 Å². The van der Waals surface area contributed by atoms with Crippen LogP contribution in [0.5, 0.6) is 0 Å². The van der Waals surface area contributed by atoms with E-state index in [1.807, 2.05) is 0 Å². The van der Waals surface area contributed by atoms with Gasteiger partial charge in [-0.05, 0) is 6.07 Å². The van der Waals surface area contributed by atoms with E-state index in [0.717, 1.165) is 18.2 Å². The van der Waals surface area contributed by atoms with Crippen LogP contribution in [0, 0.1) is 0 Å². The summed E-state index contributed by atoms with van der Waals surface area (Å²) < 4.78 is 90.1. The molecular weight excluding hydrogens is 411 g/mol. The third kappa shape index (κ3) is 2.97. The van der Waals surface area contributed by atoms with Gasteiger partial charge >= 0.3 is 23.9 Å². The summed E-state index contributed by atoms with van der Waals surface area (Å²) in [4.78, 5) is 36.7. The maximum absolute atomic E-state index is 13.6. The van der Waals surface area contributed by atoms with Crippen LogP contribution in [0.1, 0.15) is 31.8 Å². The van der Waals surface area contributed by atoms with E-state index in [2.05, 4.69) is 0 Å². The van der Waals surface area contributed by atoms with Gasteiger partial charge in [0.15, 0.2) is 11.6 Å². The number of carbonyl (C=O) groups excluding carboxylic acids is 3. The van der Waals surface area contributed by atoms with Crippen molar-refractivity contribution in [3.05, 3.63) is 64.7 Å². The van der Waals surface area contributed by atoms with Gasteiger partial charge in [-0.15, -0.1) is 0 Å². The zero-order chi connectivity index (χ0) is 21.8. The summed E-state index contributed by atoms with van der Waals surface area (Å²) in [6, 6.07) is 8.43. The van der Waals surface area contributed by atoms with Crippen LogP contribution in [0.4, 0.5) is 36.4 Å². The largest absolute Gasteiger partial charge is 0.460 e. The maximum atomic E-state index is 13.6. The molecule has 0 spiro atoms. The van der Waals surface area contributed by atoms with Crippen LogP contribution in [-0.2, 0) is 4.79 Å². The summed E-state index contributed by atoms with van der Waals surface area (Å²) in [5, 5.41) is 1.23. The number of benzene rings is 2. The number of halogens is 7. The van der Waals surface area contributed by atoms with Crippen molar-refractivity contribution in [3.8, 4) is 0 Å². The number of carbonyl (C=O) groups is 3. The van der Waals surface area contributed by atoms with Gasteiger partial charge in [-0.2, -0.15) is 30.7 Å². The molecule has 0 unspecified atom stereocenters.